The Labute approximate surface area is 127 Å². The standard InChI is InChI=1S/C15H30N2O4/c1-5-12(4)13(18)10-21-9-8-20-7-6-17-15(19)14(16)11(2)3/h11-12,14H,5-10,16H2,1-4H3,(H,17,19). The molecule has 1 amide bonds. The fourth-order valence-corrected chi connectivity index (χ4v) is 1.43. The Kier molecular flexibility index (Phi) is 11.1. The molecule has 124 valence electrons. The van der Waals surface area contributed by atoms with Gasteiger partial charge in [0.2, 0.25) is 5.91 Å². The molecule has 0 fully saturated rings. The van der Waals surface area contributed by atoms with E-state index in [0.29, 0.717) is 26.4 Å². The fourth-order valence-electron chi connectivity index (χ4n) is 1.43. The smallest absolute Gasteiger partial charge is 0.237 e. The van der Waals surface area contributed by atoms with Gasteiger partial charge < -0.3 is 20.5 Å². The van der Waals surface area contributed by atoms with Crippen LogP contribution in [0, 0.1) is 11.8 Å². The highest BCUT2D eigenvalue weighted by Crippen LogP contribution is 2.02. The Bertz CT molecular complexity index is 308. The first-order chi connectivity index (χ1) is 9.90. The van der Waals surface area contributed by atoms with E-state index < -0.39 is 6.04 Å². The van der Waals surface area contributed by atoms with Gasteiger partial charge in [0.15, 0.2) is 5.78 Å². The zero-order chi connectivity index (χ0) is 16.3. The Morgan fingerprint density at radius 2 is 1.71 bits per heavy atom. The van der Waals surface area contributed by atoms with Crippen LogP contribution in [0.3, 0.4) is 0 Å². The minimum Gasteiger partial charge on any atom is -0.377 e. The number of carbonyl (C=O) groups excluding carboxylic acids is 2. The third-order valence-electron chi connectivity index (χ3n) is 3.34. The SMILES string of the molecule is CCC(C)C(=O)COCCOCCNC(=O)C(N)C(C)C. The summed E-state index contributed by atoms with van der Waals surface area (Å²) in [5.74, 6) is 0.116. The molecule has 0 spiro atoms. The molecule has 0 aliphatic heterocycles. The normalized spacial score (nSPS) is 14.0. The van der Waals surface area contributed by atoms with E-state index in [1.165, 1.54) is 0 Å². The molecule has 0 saturated carbocycles. The maximum atomic E-state index is 11.5. The van der Waals surface area contributed by atoms with Crippen LogP contribution in [0.4, 0.5) is 0 Å². The van der Waals surface area contributed by atoms with Crippen LogP contribution >= 0.6 is 0 Å². The molecule has 0 aromatic heterocycles. The maximum absolute atomic E-state index is 11.5. The van der Waals surface area contributed by atoms with Crippen molar-refractivity contribution < 1.29 is 19.1 Å². The van der Waals surface area contributed by atoms with Crippen LogP contribution in [-0.4, -0.2) is 50.7 Å². The van der Waals surface area contributed by atoms with Crippen molar-refractivity contribution in [3.8, 4) is 0 Å². The van der Waals surface area contributed by atoms with Gasteiger partial charge in [-0.3, -0.25) is 9.59 Å². The molecule has 6 heteroatoms. The second kappa shape index (κ2) is 11.7. The first-order valence-electron chi connectivity index (χ1n) is 7.61. The van der Waals surface area contributed by atoms with Crippen LogP contribution in [0.2, 0.25) is 0 Å². The number of nitrogens with two attached hydrogens (primary N) is 1. The largest absolute Gasteiger partial charge is 0.377 e. The van der Waals surface area contributed by atoms with E-state index in [9.17, 15) is 9.59 Å². The van der Waals surface area contributed by atoms with Gasteiger partial charge in [-0.15, -0.1) is 0 Å². The molecule has 0 rings (SSSR count). The van der Waals surface area contributed by atoms with Gasteiger partial charge >= 0.3 is 0 Å². The Balaban J connectivity index is 3.45. The highest BCUT2D eigenvalue weighted by molar-refractivity contribution is 5.82. The van der Waals surface area contributed by atoms with Crippen molar-refractivity contribution in [2.45, 2.75) is 40.2 Å². The van der Waals surface area contributed by atoms with Crippen LogP contribution in [-0.2, 0) is 19.1 Å². The van der Waals surface area contributed by atoms with Crippen molar-refractivity contribution in [1.29, 1.82) is 0 Å². The number of ether oxygens (including phenoxy) is 2. The first kappa shape index (κ1) is 20.0. The number of ketones is 1. The second-order valence-corrected chi connectivity index (χ2v) is 5.50. The lowest BCUT2D eigenvalue weighted by atomic mass is 10.1. The number of amides is 1. The lowest BCUT2D eigenvalue weighted by Crippen LogP contribution is -2.44. The van der Waals surface area contributed by atoms with Crippen molar-refractivity contribution >= 4 is 11.7 Å². The van der Waals surface area contributed by atoms with Crippen molar-refractivity contribution in [2.24, 2.45) is 17.6 Å². The number of hydrogen-bond acceptors (Lipinski definition) is 5. The van der Waals surface area contributed by atoms with Gasteiger partial charge in [0.05, 0.1) is 25.9 Å². The predicted octanol–water partition coefficient (Wildman–Crippen LogP) is 0.734. The van der Waals surface area contributed by atoms with E-state index in [-0.39, 0.29) is 30.1 Å². The van der Waals surface area contributed by atoms with Crippen molar-refractivity contribution in [1.82, 2.24) is 5.32 Å². The molecule has 0 radical (unpaired) electrons. The Hall–Kier alpha value is -0.980. The van der Waals surface area contributed by atoms with Gasteiger partial charge in [-0.1, -0.05) is 27.7 Å². The van der Waals surface area contributed by atoms with Crippen LogP contribution < -0.4 is 11.1 Å². The minimum atomic E-state index is -0.486. The number of rotatable bonds is 12. The third kappa shape index (κ3) is 9.55. The van der Waals surface area contributed by atoms with Crippen LogP contribution in [0.15, 0.2) is 0 Å². The van der Waals surface area contributed by atoms with E-state index in [2.05, 4.69) is 5.32 Å². The molecule has 0 bridgehead atoms. The molecule has 0 aliphatic carbocycles. The number of hydrogen-bond donors (Lipinski definition) is 2. The number of nitrogens with one attached hydrogen (secondary N) is 1. The maximum Gasteiger partial charge on any atom is 0.237 e. The van der Waals surface area contributed by atoms with E-state index in [0.717, 1.165) is 6.42 Å². The summed E-state index contributed by atoms with van der Waals surface area (Å²) in [4.78, 5) is 23.0. The number of Topliss-reactive ketones (excluding diaryl/α,β-unsaturated/α-hetero) is 1. The minimum absolute atomic E-state index is 0.0475. The summed E-state index contributed by atoms with van der Waals surface area (Å²) in [6.45, 7) is 9.42. The van der Waals surface area contributed by atoms with Gasteiger partial charge in [-0.05, 0) is 12.3 Å². The van der Waals surface area contributed by atoms with Crippen molar-refractivity contribution in [3.05, 3.63) is 0 Å². The average Bonchev–Trinajstić information content (AvgIpc) is 2.47. The zero-order valence-electron chi connectivity index (χ0n) is 13.7. The van der Waals surface area contributed by atoms with Crippen LogP contribution in [0.1, 0.15) is 34.1 Å². The molecule has 6 nitrogen and oxygen atoms in total. The van der Waals surface area contributed by atoms with Crippen LogP contribution in [0.5, 0.6) is 0 Å². The highest BCUT2D eigenvalue weighted by atomic mass is 16.5. The summed E-state index contributed by atoms with van der Waals surface area (Å²) < 4.78 is 10.5. The molecular formula is C15H30N2O4. The molecule has 2 atom stereocenters. The van der Waals surface area contributed by atoms with E-state index >= 15 is 0 Å². The van der Waals surface area contributed by atoms with Gasteiger partial charge in [-0.2, -0.15) is 0 Å². The molecule has 3 N–H and O–H groups in total. The molecule has 0 heterocycles. The molecule has 0 aromatic carbocycles. The summed E-state index contributed by atoms with van der Waals surface area (Å²) in [6, 6.07) is -0.486. The topological polar surface area (TPSA) is 90.6 Å². The third-order valence-corrected chi connectivity index (χ3v) is 3.34. The molecule has 0 saturated heterocycles. The highest BCUT2D eigenvalue weighted by Gasteiger charge is 2.16. The summed E-state index contributed by atoms with van der Waals surface area (Å²) in [6.07, 6.45) is 0.830. The summed E-state index contributed by atoms with van der Waals surface area (Å²) in [5.41, 5.74) is 5.70. The number of carbonyl (C=O) groups is 2. The predicted molar refractivity (Wildman–Crippen MR) is 81.9 cm³/mol. The fraction of sp³-hybridized carbons (Fsp3) is 0.867. The Morgan fingerprint density at radius 1 is 1.10 bits per heavy atom. The molecule has 2 unspecified atom stereocenters. The van der Waals surface area contributed by atoms with E-state index in [4.69, 9.17) is 15.2 Å². The van der Waals surface area contributed by atoms with Crippen LogP contribution in [0.25, 0.3) is 0 Å². The second-order valence-electron chi connectivity index (χ2n) is 5.50. The van der Waals surface area contributed by atoms with E-state index in [1.54, 1.807) is 0 Å². The quantitative estimate of drug-likeness (QED) is 0.519. The van der Waals surface area contributed by atoms with Gasteiger partial charge in [0.1, 0.15) is 6.61 Å². The molecular weight excluding hydrogens is 272 g/mol. The monoisotopic (exact) mass is 302 g/mol. The van der Waals surface area contributed by atoms with Gasteiger partial charge in [0.25, 0.3) is 0 Å². The van der Waals surface area contributed by atoms with Gasteiger partial charge in [0, 0.05) is 12.5 Å². The molecule has 21 heavy (non-hydrogen) atoms. The van der Waals surface area contributed by atoms with E-state index in [1.807, 2.05) is 27.7 Å². The molecule has 0 aromatic rings. The summed E-state index contributed by atoms with van der Waals surface area (Å²) >= 11 is 0. The first-order valence-corrected chi connectivity index (χ1v) is 7.61. The zero-order valence-corrected chi connectivity index (χ0v) is 13.7. The van der Waals surface area contributed by atoms with Gasteiger partial charge in [-0.25, -0.2) is 0 Å². The molecule has 0 aliphatic rings. The summed E-state index contributed by atoms with van der Waals surface area (Å²) in [5, 5.41) is 2.71. The average molecular weight is 302 g/mol. The lowest BCUT2D eigenvalue weighted by molar-refractivity contribution is -0.128. The summed E-state index contributed by atoms with van der Waals surface area (Å²) in [7, 11) is 0. The van der Waals surface area contributed by atoms with Crippen molar-refractivity contribution in [2.75, 3.05) is 33.0 Å². The lowest BCUT2D eigenvalue weighted by Gasteiger charge is -2.15. The Morgan fingerprint density at radius 3 is 2.29 bits per heavy atom. The van der Waals surface area contributed by atoms with Crippen molar-refractivity contribution in [3.63, 3.8) is 0 Å².